The molecule has 0 spiro atoms. The van der Waals surface area contributed by atoms with Crippen molar-refractivity contribution in [3.05, 3.63) is 35.6 Å². The number of aliphatic hydroxyl groups is 1. The van der Waals surface area contributed by atoms with Crippen LogP contribution < -0.4 is 0 Å². The van der Waals surface area contributed by atoms with Gasteiger partial charge in [0.1, 0.15) is 5.75 Å². The lowest BCUT2D eigenvalue weighted by molar-refractivity contribution is -0.135. The number of phenols is 1. The number of hydrogen-bond acceptors (Lipinski definition) is 4. The number of aliphatic hydroxyl groups excluding tert-OH is 1. The van der Waals surface area contributed by atoms with Gasteiger partial charge in [-0.25, -0.2) is 4.79 Å². The predicted molar refractivity (Wildman–Crippen MR) is 58.9 cm³/mol. The monoisotopic (exact) mass is 226 g/mol. The highest BCUT2D eigenvalue weighted by atomic mass is 16.5. The Kier molecular flexibility index (Phi) is 6.39. The maximum Gasteiger partial charge on any atom is 0.371 e. The summed E-state index contributed by atoms with van der Waals surface area (Å²) in [7, 11) is 2.29. The van der Waals surface area contributed by atoms with E-state index >= 15 is 0 Å². The Labute approximate surface area is 93.2 Å². The van der Waals surface area contributed by atoms with E-state index < -0.39 is 5.97 Å². The molecule has 0 radical (unpaired) electrons. The van der Waals surface area contributed by atoms with Crippen LogP contribution in [0.25, 0.3) is 6.08 Å². The Morgan fingerprint density at radius 2 is 1.75 bits per heavy atom. The molecule has 3 N–H and O–H groups in total. The first-order chi connectivity index (χ1) is 7.63. The number of carboxylic acid groups (broad SMARTS) is 1. The van der Waals surface area contributed by atoms with Crippen LogP contribution in [-0.4, -0.2) is 35.5 Å². The maximum atomic E-state index is 10.6. The fourth-order valence-corrected chi connectivity index (χ4v) is 0.930. The van der Waals surface area contributed by atoms with Gasteiger partial charge in [-0.3, -0.25) is 0 Å². The fraction of sp³-hybridized carbons (Fsp3) is 0.182. The second kappa shape index (κ2) is 7.30. The molecule has 0 aromatic heterocycles. The molecule has 0 aliphatic carbocycles. The topological polar surface area (TPSA) is 87.0 Å². The van der Waals surface area contributed by atoms with Crippen LogP contribution in [0, 0.1) is 0 Å². The van der Waals surface area contributed by atoms with Gasteiger partial charge in [-0.1, -0.05) is 12.1 Å². The number of aliphatic carboxylic acids is 1. The highest BCUT2D eigenvalue weighted by molar-refractivity contribution is 5.89. The molecule has 88 valence electrons. The van der Waals surface area contributed by atoms with Gasteiger partial charge in [0.25, 0.3) is 0 Å². The molecule has 0 aliphatic rings. The number of carboxylic acids is 1. The zero-order valence-corrected chi connectivity index (χ0v) is 9.04. The van der Waals surface area contributed by atoms with Gasteiger partial charge < -0.3 is 20.1 Å². The molecule has 0 aliphatic heterocycles. The lowest BCUT2D eigenvalue weighted by Crippen LogP contribution is -2.01. The number of benzene rings is 1. The molecule has 1 aromatic rings. The molecule has 1 aromatic carbocycles. The molecule has 0 atom stereocenters. The third-order valence-corrected chi connectivity index (χ3v) is 1.62. The van der Waals surface area contributed by atoms with Crippen molar-refractivity contribution in [2.75, 3.05) is 14.2 Å². The molecule has 5 nitrogen and oxygen atoms in total. The van der Waals surface area contributed by atoms with E-state index in [9.17, 15) is 4.79 Å². The van der Waals surface area contributed by atoms with Gasteiger partial charge in [0.05, 0.1) is 7.11 Å². The van der Waals surface area contributed by atoms with E-state index in [2.05, 4.69) is 4.74 Å². The van der Waals surface area contributed by atoms with E-state index in [-0.39, 0.29) is 11.5 Å². The van der Waals surface area contributed by atoms with E-state index in [1.54, 1.807) is 12.1 Å². The quantitative estimate of drug-likeness (QED) is 0.530. The number of ether oxygens (including phenoxy) is 1. The largest absolute Gasteiger partial charge is 0.508 e. The molecule has 1 rings (SSSR count). The molecule has 0 bridgehead atoms. The average molecular weight is 226 g/mol. The first kappa shape index (κ1) is 14.0. The Bertz CT molecular complexity index is 353. The average Bonchev–Trinajstić information content (AvgIpc) is 2.30. The van der Waals surface area contributed by atoms with Crippen LogP contribution in [0.5, 0.6) is 5.75 Å². The zero-order chi connectivity index (χ0) is 12.6. The molecular formula is C11H14O5. The van der Waals surface area contributed by atoms with Gasteiger partial charge in [-0.15, -0.1) is 0 Å². The summed E-state index contributed by atoms with van der Waals surface area (Å²) in [5, 5.41) is 24.6. The maximum absolute atomic E-state index is 10.6. The van der Waals surface area contributed by atoms with Crippen LogP contribution in [-0.2, 0) is 9.53 Å². The highest BCUT2D eigenvalue weighted by Gasteiger charge is 2.05. The van der Waals surface area contributed by atoms with Gasteiger partial charge in [-0.05, 0) is 23.8 Å². The summed E-state index contributed by atoms with van der Waals surface area (Å²) in [6.45, 7) is 0. The van der Waals surface area contributed by atoms with Crippen molar-refractivity contribution in [3.63, 3.8) is 0 Å². The molecule has 5 heteroatoms. The number of rotatable bonds is 3. The summed E-state index contributed by atoms with van der Waals surface area (Å²) < 4.78 is 4.64. The number of hydrogen-bond donors (Lipinski definition) is 3. The van der Waals surface area contributed by atoms with Crippen LogP contribution in [0.15, 0.2) is 30.0 Å². The van der Waals surface area contributed by atoms with Gasteiger partial charge in [0, 0.05) is 7.11 Å². The summed E-state index contributed by atoms with van der Waals surface area (Å²) in [6.07, 6.45) is 1.38. The standard InChI is InChI=1S/C10H10O4.CH4O/c1-14-9(10(12)13)6-7-2-4-8(11)5-3-7;1-2/h2-6,11H,1H3,(H,12,13);2H,1H3/b9-6-;. The summed E-state index contributed by atoms with van der Waals surface area (Å²) in [5.41, 5.74) is 0.655. The summed E-state index contributed by atoms with van der Waals surface area (Å²) >= 11 is 0. The van der Waals surface area contributed by atoms with Crippen molar-refractivity contribution in [1.82, 2.24) is 0 Å². The Morgan fingerprint density at radius 3 is 2.12 bits per heavy atom. The SMILES string of the molecule is CO.CO/C(=C\c1ccc(O)cc1)C(=O)O. The molecule has 0 saturated heterocycles. The van der Waals surface area contributed by atoms with Crippen LogP contribution in [0.1, 0.15) is 5.56 Å². The Morgan fingerprint density at radius 1 is 1.25 bits per heavy atom. The van der Waals surface area contributed by atoms with E-state index in [4.69, 9.17) is 15.3 Å². The summed E-state index contributed by atoms with van der Waals surface area (Å²) in [6, 6.07) is 6.14. The smallest absolute Gasteiger partial charge is 0.371 e. The zero-order valence-electron chi connectivity index (χ0n) is 9.04. The van der Waals surface area contributed by atoms with E-state index in [1.807, 2.05) is 0 Å². The normalized spacial score (nSPS) is 10.1. The van der Waals surface area contributed by atoms with Crippen molar-refractivity contribution in [1.29, 1.82) is 0 Å². The van der Waals surface area contributed by atoms with Crippen LogP contribution in [0.4, 0.5) is 0 Å². The Balaban J connectivity index is 0.00000106. The van der Waals surface area contributed by atoms with E-state index in [0.717, 1.165) is 7.11 Å². The first-order valence-electron chi connectivity index (χ1n) is 4.36. The number of phenolic OH excluding ortho intramolecular Hbond substituents is 1. The van der Waals surface area contributed by atoms with Crippen molar-refractivity contribution < 1.29 is 24.9 Å². The first-order valence-corrected chi connectivity index (χ1v) is 4.36. The summed E-state index contributed by atoms with van der Waals surface area (Å²) in [5.74, 6) is -1.13. The molecule has 0 amide bonds. The van der Waals surface area contributed by atoms with Crippen molar-refractivity contribution >= 4 is 12.0 Å². The van der Waals surface area contributed by atoms with E-state index in [0.29, 0.717) is 5.56 Å². The summed E-state index contributed by atoms with van der Waals surface area (Å²) in [4.78, 5) is 10.6. The lowest BCUT2D eigenvalue weighted by Gasteiger charge is -2.00. The molecule has 0 heterocycles. The molecule has 0 fully saturated rings. The molecule has 16 heavy (non-hydrogen) atoms. The van der Waals surface area contributed by atoms with Gasteiger partial charge in [0.15, 0.2) is 0 Å². The van der Waals surface area contributed by atoms with Crippen molar-refractivity contribution in [3.8, 4) is 5.75 Å². The van der Waals surface area contributed by atoms with Crippen LogP contribution >= 0.6 is 0 Å². The third kappa shape index (κ3) is 4.47. The van der Waals surface area contributed by atoms with Gasteiger partial charge in [-0.2, -0.15) is 0 Å². The second-order valence-corrected chi connectivity index (χ2v) is 2.61. The second-order valence-electron chi connectivity index (χ2n) is 2.61. The highest BCUT2D eigenvalue weighted by Crippen LogP contribution is 2.12. The minimum Gasteiger partial charge on any atom is -0.508 e. The van der Waals surface area contributed by atoms with Crippen LogP contribution in [0.2, 0.25) is 0 Å². The number of carbonyl (C=O) groups is 1. The van der Waals surface area contributed by atoms with E-state index in [1.165, 1.54) is 25.3 Å². The van der Waals surface area contributed by atoms with Gasteiger partial charge >= 0.3 is 5.97 Å². The third-order valence-electron chi connectivity index (χ3n) is 1.62. The molecule has 0 unspecified atom stereocenters. The Hall–Kier alpha value is -2.01. The minimum absolute atomic E-state index is 0.136. The molecule has 0 saturated carbocycles. The molecular weight excluding hydrogens is 212 g/mol. The number of methoxy groups -OCH3 is 1. The van der Waals surface area contributed by atoms with Crippen molar-refractivity contribution in [2.24, 2.45) is 0 Å². The van der Waals surface area contributed by atoms with Crippen molar-refractivity contribution in [2.45, 2.75) is 0 Å². The lowest BCUT2D eigenvalue weighted by atomic mass is 10.2. The number of aromatic hydroxyl groups is 1. The minimum atomic E-state index is -1.12. The fourth-order valence-electron chi connectivity index (χ4n) is 0.930. The van der Waals surface area contributed by atoms with Crippen LogP contribution in [0.3, 0.4) is 0 Å². The van der Waals surface area contributed by atoms with Gasteiger partial charge in [0.2, 0.25) is 5.76 Å². The predicted octanol–water partition coefficient (Wildman–Crippen LogP) is 1.07.